The molecule has 2 aliphatic carbocycles. The van der Waals surface area contributed by atoms with Crippen molar-refractivity contribution >= 4 is 56.2 Å². The normalized spacial score (nSPS) is 27.0. The smallest absolute Gasteiger partial charge is 0.407 e. The molecule has 4 aliphatic rings. The second-order valence-electron chi connectivity index (χ2n) is 14.2. The molecule has 0 spiro atoms. The van der Waals surface area contributed by atoms with Crippen molar-refractivity contribution in [2.24, 2.45) is 5.92 Å². The lowest BCUT2D eigenvalue weighted by Gasteiger charge is -2.29. The van der Waals surface area contributed by atoms with Gasteiger partial charge in [-0.05, 0) is 68.5 Å². The maximum atomic E-state index is 14.4. The van der Waals surface area contributed by atoms with Crippen LogP contribution in [0, 0.1) is 5.92 Å². The van der Waals surface area contributed by atoms with Crippen molar-refractivity contribution in [3.05, 3.63) is 53.9 Å². The number of alkyl carbamates (subject to hydrolysis) is 1. The van der Waals surface area contributed by atoms with Gasteiger partial charge in [0.1, 0.15) is 29.4 Å². The number of carbonyl (C=O) groups excluding carboxylic acids is 4. The number of rotatable bonds is 9. The van der Waals surface area contributed by atoms with E-state index in [1.54, 1.807) is 0 Å². The van der Waals surface area contributed by atoms with Gasteiger partial charge in [-0.25, -0.2) is 23.2 Å². The molecule has 282 valence electrons. The number of nitrogens with one attached hydrogen (secondary N) is 3. The van der Waals surface area contributed by atoms with E-state index in [0.717, 1.165) is 17.7 Å². The van der Waals surface area contributed by atoms with Crippen molar-refractivity contribution in [1.82, 2.24) is 30.2 Å². The summed E-state index contributed by atoms with van der Waals surface area (Å²) < 4.78 is 39.7. The van der Waals surface area contributed by atoms with Crippen LogP contribution in [0.15, 0.2) is 53.9 Å². The molecule has 1 aromatic carbocycles. The number of fused-ring (bicyclic) bond motifs is 3. The number of para-hydroxylation sites is 2. The molecule has 2 aliphatic heterocycles. The van der Waals surface area contributed by atoms with Gasteiger partial charge in [0, 0.05) is 12.3 Å². The van der Waals surface area contributed by atoms with Gasteiger partial charge in [0.2, 0.25) is 27.7 Å². The van der Waals surface area contributed by atoms with Crippen LogP contribution >= 0.6 is 11.3 Å². The minimum Gasteiger partial charge on any atom is -0.471 e. The van der Waals surface area contributed by atoms with Crippen LogP contribution in [0.5, 0.6) is 5.88 Å². The van der Waals surface area contributed by atoms with E-state index in [2.05, 4.69) is 15.4 Å². The van der Waals surface area contributed by atoms with Crippen molar-refractivity contribution < 1.29 is 37.1 Å². The van der Waals surface area contributed by atoms with Gasteiger partial charge in [0.05, 0.1) is 34.3 Å². The van der Waals surface area contributed by atoms with Gasteiger partial charge in [0.25, 0.3) is 5.91 Å². The predicted octanol–water partition coefficient (Wildman–Crippen LogP) is 4.22. The second-order valence-corrected chi connectivity index (χ2v) is 17.1. The quantitative estimate of drug-likeness (QED) is 0.267. The van der Waals surface area contributed by atoms with Gasteiger partial charge in [-0.1, -0.05) is 50.1 Å². The van der Waals surface area contributed by atoms with Crippen LogP contribution in [-0.2, 0) is 29.1 Å². The maximum Gasteiger partial charge on any atom is 0.407 e. The monoisotopic (exact) mass is 764 g/mol. The zero-order chi connectivity index (χ0) is 37.2. The van der Waals surface area contributed by atoms with Gasteiger partial charge >= 0.3 is 6.09 Å². The van der Waals surface area contributed by atoms with Crippen molar-refractivity contribution in [1.29, 1.82) is 0 Å². The third kappa shape index (κ3) is 8.17. The van der Waals surface area contributed by atoms with Gasteiger partial charge in [-0.2, -0.15) is 0 Å². The van der Waals surface area contributed by atoms with E-state index in [4.69, 9.17) is 19.4 Å². The number of hydrogen-bond donors (Lipinski definition) is 3. The van der Waals surface area contributed by atoms with Gasteiger partial charge in [-0.15, -0.1) is 11.3 Å². The van der Waals surface area contributed by atoms with Gasteiger partial charge in [0.15, 0.2) is 0 Å². The zero-order valence-corrected chi connectivity index (χ0v) is 31.1. The molecule has 0 bridgehead atoms. The molecule has 4 amide bonds. The van der Waals surface area contributed by atoms with E-state index in [0.29, 0.717) is 55.3 Å². The lowest BCUT2D eigenvalue weighted by atomic mass is 10.1. The lowest BCUT2D eigenvalue weighted by molar-refractivity contribution is -0.141. The summed E-state index contributed by atoms with van der Waals surface area (Å²) in [5.74, 6) is -2.07. The number of ether oxygens (including phenoxy) is 2. The Hall–Kier alpha value is -4.57. The molecule has 2 aromatic heterocycles. The number of thiophene rings is 1. The Morgan fingerprint density at radius 3 is 2.58 bits per heavy atom. The molecular formula is C37H44N6O8S2. The van der Waals surface area contributed by atoms with Gasteiger partial charge < -0.3 is 25.0 Å². The molecule has 1 saturated heterocycles. The van der Waals surface area contributed by atoms with E-state index in [1.807, 2.05) is 60.9 Å². The van der Waals surface area contributed by atoms with Crippen LogP contribution < -0.4 is 20.1 Å². The fourth-order valence-corrected chi connectivity index (χ4v) is 9.09. The Labute approximate surface area is 312 Å². The first-order chi connectivity index (χ1) is 25.6. The van der Waals surface area contributed by atoms with Crippen molar-refractivity contribution in [2.45, 2.75) is 100 Å². The van der Waals surface area contributed by atoms with Gasteiger partial charge in [-0.3, -0.25) is 19.1 Å². The van der Waals surface area contributed by atoms with E-state index >= 15 is 0 Å². The fraction of sp³-hybridized carbons (Fsp3) is 0.514. The molecule has 0 radical (unpaired) electrons. The van der Waals surface area contributed by atoms with Crippen LogP contribution in [0.3, 0.4) is 0 Å². The number of sulfonamides is 1. The summed E-state index contributed by atoms with van der Waals surface area (Å²) in [6, 6.07) is 9.13. The Bertz CT molecular complexity index is 2000. The first kappa shape index (κ1) is 36.8. The molecule has 1 unspecified atom stereocenters. The van der Waals surface area contributed by atoms with E-state index in [-0.39, 0.29) is 31.9 Å². The molecule has 53 heavy (non-hydrogen) atoms. The summed E-state index contributed by atoms with van der Waals surface area (Å²) in [7, 11) is -3.89. The highest BCUT2D eigenvalue weighted by molar-refractivity contribution is 7.91. The molecule has 2 saturated carbocycles. The van der Waals surface area contributed by atoms with Crippen LogP contribution in [0.1, 0.15) is 71.1 Å². The first-order valence-corrected chi connectivity index (χ1v) is 20.8. The van der Waals surface area contributed by atoms with Crippen LogP contribution in [0.25, 0.3) is 21.6 Å². The Morgan fingerprint density at radius 1 is 1.06 bits per heavy atom. The number of amides is 4. The molecule has 14 nitrogen and oxygen atoms in total. The molecule has 5 atom stereocenters. The molecule has 3 fully saturated rings. The summed E-state index contributed by atoms with van der Waals surface area (Å²) in [4.78, 5) is 67.1. The van der Waals surface area contributed by atoms with Crippen molar-refractivity contribution in [2.75, 3.05) is 13.2 Å². The number of carbonyl (C=O) groups is 4. The summed E-state index contributed by atoms with van der Waals surface area (Å²) in [6.45, 7) is 2.04. The topological polar surface area (TPSA) is 186 Å². The van der Waals surface area contributed by atoms with Crippen LogP contribution in [0.2, 0.25) is 0 Å². The average Bonchev–Trinajstić information content (AvgIpc) is 4.01. The minimum atomic E-state index is -3.89. The molecule has 3 N–H and O–H groups in total. The number of hydrogen-bond acceptors (Lipinski definition) is 11. The van der Waals surface area contributed by atoms with Crippen molar-refractivity contribution in [3.63, 3.8) is 0 Å². The average molecular weight is 765 g/mol. The predicted molar refractivity (Wildman–Crippen MR) is 197 cm³/mol. The highest BCUT2D eigenvalue weighted by atomic mass is 32.2. The SMILES string of the molecule is CCCOC(=O)N[C@H]1CCCCC/C=C\C2C[C@@]2(C(=O)NS(=O)(=O)C2CC2)NC(=O)[C@@H]2C[C@@H](Oc3nc4ccccc4nc3-c3cccs3)CN2C1=O. The fourth-order valence-electron chi connectivity index (χ4n) is 7.02. The molecule has 3 aromatic rings. The maximum absolute atomic E-state index is 14.4. The zero-order valence-electron chi connectivity index (χ0n) is 29.5. The third-order valence-electron chi connectivity index (χ3n) is 10.1. The standard InChI is InChI=1S/C37H44N6O8S2/c1-2-18-50-36(47)40-28-14-7-5-3-4-6-11-23-21-37(23,35(46)42-53(48,49)25-16-17-25)41-32(44)29-20-24(22-43(29)34(28)45)51-33-31(30-15-10-19-52-30)38-26-12-8-9-13-27(26)39-33/h6,8-13,15,19,23-25,28-29H,2-5,7,14,16-18,20-22H2,1H3,(H,40,47)(H,41,44)(H,42,46)/b11-6-/t23?,24-,28+,29+,37-/m1/s1. The molecule has 7 rings (SSSR count). The Morgan fingerprint density at radius 2 is 1.85 bits per heavy atom. The van der Waals surface area contributed by atoms with E-state index in [9.17, 15) is 27.6 Å². The molecule has 4 heterocycles. The lowest BCUT2D eigenvalue weighted by Crippen LogP contribution is -2.58. The number of nitrogens with zero attached hydrogens (tertiary/aromatic N) is 3. The minimum absolute atomic E-state index is 0.0178. The van der Waals surface area contributed by atoms with E-state index < -0.39 is 68.7 Å². The van der Waals surface area contributed by atoms with Crippen LogP contribution in [-0.4, -0.2) is 89.2 Å². The summed E-state index contributed by atoms with van der Waals surface area (Å²) in [5, 5.41) is 6.91. The molecular weight excluding hydrogens is 721 g/mol. The first-order valence-electron chi connectivity index (χ1n) is 18.3. The number of benzene rings is 1. The Kier molecular flexibility index (Phi) is 10.7. The Balaban J connectivity index is 1.21. The largest absolute Gasteiger partial charge is 0.471 e. The highest BCUT2D eigenvalue weighted by Crippen LogP contribution is 2.46. The summed E-state index contributed by atoms with van der Waals surface area (Å²) in [5.41, 5.74) is 0.320. The number of aromatic nitrogens is 2. The molecule has 16 heteroatoms. The third-order valence-corrected chi connectivity index (χ3v) is 12.8. The second kappa shape index (κ2) is 15.4. The van der Waals surface area contributed by atoms with Crippen molar-refractivity contribution in [3.8, 4) is 16.5 Å². The summed E-state index contributed by atoms with van der Waals surface area (Å²) >= 11 is 1.48. The van der Waals surface area contributed by atoms with Crippen LogP contribution in [0.4, 0.5) is 4.79 Å². The number of allylic oxidation sites excluding steroid dienone is 1. The summed E-state index contributed by atoms with van der Waals surface area (Å²) in [6.07, 6.45) is 7.42. The van der Waals surface area contributed by atoms with E-state index in [1.165, 1.54) is 16.2 Å². The highest BCUT2D eigenvalue weighted by Gasteiger charge is 2.62.